The predicted molar refractivity (Wildman–Crippen MR) is 95.6 cm³/mol. The lowest BCUT2D eigenvalue weighted by Crippen LogP contribution is -2.47. The summed E-state index contributed by atoms with van der Waals surface area (Å²) in [6.07, 6.45) is -8.43. The third kappa shape index (κ3) is 3.35. The van der Waals surface area contributed by atoms with Crippen molar-refractivity contribution in [3.63, 3.8) is 0 Å². The average Bonchev–Trinajstić information content (AvgIpc) is 2.89. The minimum atomic E-state index is -4.36. The van der Waals surface area contributed by atoms with E-state index in [9.17, 15) is 14.9 Å². The number of piperidine rings is 1. The molecule has 1 aliphatic rings. The van der Waals surface area contributed by atoms with Gasteiger partial charge in [-0.3, -0.25) is 13.9 Å². The van der Waals surface area contributed by atoms with Gasteiger partial charge in [-0.05, 0) is 24.4 Å². The summed E-state index contributed by atoms with van der Waals surface area (Å²) in [5.41, 5.74) is -8.31. The number of hydrogen-bond donors (Lipinski definition) is 1. The van der Waals surface area contributed by atoms with E-state index in [0.29, 0.717) is 0 Å². The summed E-state index contributed by atoms with van der Waals surface area (Å²) >= 11 is 0. The molecule has 25 heavy (non-hydrogen) atoms. The first kappa shape index (κ1) is 4.86. The SMILES string of the molecule is [2H]c1c([2H])c([2H])c(C([2H])([2H])n2c(N3C([2H])([2H])C([2H])([2H])C([2H])([2H])[C@@]([2H])(N([2H])[2H])C3([2H])[2H])c([2H])c(=O)n(C([2H])([2H])[2H])c2=O)c(C#N)c1[2H]. The van der Waals surface area contributed by atoms with E-state index in [0.717, 1.165) is 0 Å². The van der Waals surface area contributed by atoms with E-state index < -0.39 is 123 Å². The number of nitrogens with two attached hydrogens (primary N) is 1. The third-order valence-electron chi connectivity index (χ3n) is 2.82. The predicted octanol–water partition coefficient (Wildman–Crippen LogP) is 0.394. The van der Waals surface area contributed by atoms with Crippen LogP contribution in [0.5, 0.6) is 0 Å². The highest BCUT2D eigenvalue weighted by Gasteiger charge is 2.22. The molecule has 0 radical (unpaired) electrons. The zero-order valence-corrected chi connectivity index (χ0v) is 12.1. The van der Waals surface area contributed by atoms with Gasteiger partial charge in [-0.25, -0.2) is 4.79 Å². The molecule has 1 aliphatic heterocycles. The fourth-order valence-electron chi connectivity index (χ4n) is 1.74. The Morgan fingerprint density at radius 3 is 3.20 bits per heavy atom. The van der Waals surface area contributed by atoms with Gasteiger partial charge in [0, 0.05) is 45.7 Å². The van der Waals surface area contributed by atoms with Gasteiger partial charge in [-0.15, -0.1) is 0 Å². The summed E-state index contributed by atoms with van der Waals surface area (Å²) in [6, 6.07) is -9.86. The molecule has 130 valence electrons. The molecule has 0 spiro atoms. The molecule has 2 heterocycles. The van der Waals surface area contributed by atoms with Crippen LogP contribution in [0.3, 0.4) is 0 Å². The van der Waals surface area contributed by atoms with E-state index >= 15 is 0 Å². The molecule has 1 saturated heterocycles. The number of benzene rings is 1. The summed E-state index contributed by atoms with van der Waals surface area (Å²) in [7, 11) is 0. The largest absolute Gasteiger partial charge is 0.356 e. The summed E-state index contributed by atoms with van der Waals surface area (Å²) in [5, 5.41) is 9.71. The van der Waals surface area contributed by atoms with Crippen LogP contribution >= 0.6 is 0 Å². The van der Waals surface area contributed by atoms with Crippen molar-refractivity contribution < 1.29 is 28.9 Å². The molecule has 0 aliphatic carbocycles. The van der Waals surface area contributed by atoms with Gasteiger partial charge < -0.3 is 10.6 Å². The van der Waals surface area contributed by atoms with Crippen molar-refractivity contribution in [1.82, 2.24) is 9.13 Å². The van der Waals surface area contributed by atoms with Gasteiger partial charge in [-0.1, -0.05) is 18.1 Å². The van der Waals surface area contributed by atoms with Crippen LogP contribution in [0, 0.1) is 11.3 Å². The topological polar surface area (TPSA) is 97.0 Å². The Labute approximate surface area is 175 Å². The van der Waals surface area contributed by atoms with E-state index in [2.05, 4.69) is 0 Å². The molecule has 7 heteroatoms. The number of nitrogens with zero attached hydrogens (tertiary/aromatic N) is 4. The van der Waals surface area contributed by atoms with Gasteiger partial charge in [0.05, 0.1) is 30.5 Å². The molecule has 0 amide bonds. The van der Waals surface area contributed by atoms with E-state index in [4.69, 9.17) is 28.9 Å². The minimum Gasteiger partial charge on any atom is -0.356 e. The number of nitriles is 1. The van der Waals surface area contributed by atoms with Crippen LogP contribution in [0.4, 0.5) is 5.82 Å². The second kappa shape index (κ2) is 6.95. The highest BCUT2D eigenvalue weighted by atomic mass is 16.2. The number of aromatic nitrogens is 2. The summed E-state index contributed by atoms with van der Waals surface area (Å²) in [4.78, 5) is 26.2. The van der Waals surface area contributed by atoms with E-state index in [1.165, 1.54) is 6.07 Å². The molecule has 0 bridgehead atoms. The third-order valence-corrected chi connectivity index (χ3v) is 2.82. The first-order valence-electron chi connectivity index (χ1n) is 16.8. The molecule has 1 atom stereocenters. The smallest absolute Gasteiger partial charge is 0.332 e. The number of rotatable bonds is 4. The number of hydrogen-bond acceptors (Lipinski definition) is 5. The molecule has 7 nitrogen and oxygen atoms in total. The van der Waals surface area contributed by atoms with Gasteiger partial charge in [0.25, 0.3) is 5.56 Å². The van der Waals surface area contributed by atoms with E-state index in [1.807, 2.05) is 0 Å². The van der Waals surface area contributed by atoms with Crippen molar-refractivity contribution in [2.75, 3.05) is 17.9 Å². The fourth-order valence-corrected chi connectivity index (χ4v) is 1.74. The first-order valence-corrected chi connectivity index (χ1v) is 6.37. The molecule has 1 fully saturated rings. The second-order valence-electron chi connectivity index (χ2n) is 4.34. The van der Waals surface area contributed by atoms with Crippen molar-refractivity contribution in [1.29, 1.82) is 5.26 Å². The van der Waals surface area contributed by atoms with Crippen LogP contribution in [0.25, 0.3) is 0 Å². The minimum absolute atomic E-state index is 0.675. The van der Waals surface area contributed by atoms with Crippen molar-refractivity contribution in [2.45, 2.75) is 25.3 Å². The molecular formula is C18H21N5O2. The van der Waals surface area contributed by atoms with Gasteiger partial charge in [-0.2, -0.15) is 5.26 Å². The van der Waals surface area contributed by atoms with Crippen LogP contribution < -0.4 is 21.9 Å². The molecule has 3 rings (SSSR count). The molecule has 0 unspecified atom stereocenters. The van der Waals surface area contributed by atoms with Gasteiger partial charge in [0.2, 0.25) is 0 Å². The molecule has 2 N–H and O–H groups in total. The quantitative estimate of drug-likeness (QED) is 0.851. The van der Waals surface area contributed by atoms with E-state index in [1.54, 1.807) is 0 Å². The average molecular weight is 361 g/mol. The van der Waals surface area contributed by atoms with Crippen molar-refractivity contribution in [2.24, 2.45) is 12.7 Å². The van der Waals surface area contributed by atoms with Gasteiger partial charge in [0.15, 0.2) is 0 Å². The van der Waals surface area contributed by atoms with Crippen LogP contribution in [0.1, 0.15) is 49.9 Å². The Balaban J connectivity index is 2.82. The maximum Gasteiger partial charge on any atom is 0.332 e. The Morgan fingerprint density at radius 2 is 2.44 bits per heavy atom. The van der Waals surface area contributed by atoms with Crippen LogP contribution in [0.2, 0.25) is 2.82 Å². The maximum absolute atomic E-state index is 13.8. The Bertz CT molecular complexity index is 1790. The summed E-state index contributed by atoms with van der Waals surface area (Å²) in [5.74, 6) is -2.04. The molecule has 2 aromatic rings. The number of anilines is 1. The zero-order chi connectivity index (χ0) is 36.3. The van der Waals surface area contributed by atoms with Crippen molar-refractivity contribution in [3.05, 3.63) is 62.2 Å². The highest BCUT2D eigenvalue weighted by molar-refractivity contribution is 5.42. The normalized spacial score (nSPS) is 41.8. The van der Waals surface area contributed by atoms with Gasteiger partial charge in [0.1, 0.15) is 8.64 Å². The van der Waals surface area contributed by atoms with Crippen LogP contribution in [0.15, 0.2) is 39.8 Å². The standard InChI is InChI=1S/C18H21N5O2/c1-21-17(24)9-16(22-8-4-7-15(20)12-22)23(18(21)25)11-14-6-3-2-5-13(14)10-19/h2-3,5-6,9,15H,4,7-8,11-12,20H2,1H3/t15-/m1/s1/i1D3,2D,3D,4D2,5D,6D,7D2,8D2,9D,11D2,12D2,15D/hD2. The van der Waals surface area contributed by atoms with Crippen LogP contribution in [-0.4, -0.2) is 28.1 Å². The fraction of sp³-hybridized carbons (Fsp3) is 0.389. The van der Waals surface area contributed by atoms with E-state index in [-0.39, 0.29) is 0 Å². The summed E-state index contributed by atoms with van der Waals surface area (Å²) < 4.78 is 170. The lowest BCUT2D eigenvalue weighted by molar-refractivity contribution is 0.491. The molecular weight excluding hydrogens is 318 g/mol. The lowest BCUT2D eigenvalue weighted by Gasteiger charge is -2.34. The molecule has 1 aromatic carbocycles. The van der Waals surface area contributed by atoms with Crippen molar-refractivity contribution in [3.8, 4) is 6.07 Å². The lowest BCUT2D eigenvalue weighted by atomic mass is 10.1. The Kier molecular flexibility index (Phi) is 1.35. The molecule has 0 saturated carbocycles. The summed E-state index contributed by atoms with van der Waals surface area (Å²) in [6.45, 7) is -16.6. The second-order valence-corrected chi connectivity index (χ2v) is 4.34. The monoisotopic (exact) mass is 360 g/mol. The van der Waals surface area contributed by atoms with Crippen molar-refractivity contribution >= 4 is 5.82 Å². The maximum atomic E-state index is 13.8. The zero-order valence-electron chi connectivity index (χ0n) is 33.1. The van der Waals surface area contributed by atoms with Gasteiger partial charge >= 0.3 is 5.69 Å². The Hall–Kier alpha value is -2.85. The molecule has 1 aromatic heterocycles. The Morgan fingerprint density at radius 1 is 1.60 bits per heavy atom. The highest BCUT2D eigenvalue weighted by Crippen LogP contribution is 2.19. The first-order chi connectivity index (χ1) is 20.4. The van der Waals surface area contributed by atoms with Crippen LogP contribution in [-0.2, 0) is 13.5 Å².